The molecule has 0 saturated carbocycles. The molecule has 0 aliphatic carbocycles. The Labute approximate surface area is 169 Å². The number of fused-ring (bicyclic) bond motifs is 3. The molecule has 0 unspecified atom stereocenters. The molecular formula is C21H27N5O3. The summed E-state index contributed by atoms with van der Waals surface area (Å²) in [4.78, 5) is 34.5. The third-order valence-electron chi connectivity index (χ3n) is 5.09. The molecule has 154 valence electrons. The number of nitrogens with two attached hydrogens (primary N) is 1. The molecule has 8 heteroatoms. The van der Waals surface area contributed by atoms with Crippen molar-refractivity contribution in [3.8, 4) is 0 Å². The molecular weight excluding hydrogens is 370 g/mol. The number of carbonyl (C=O) groups is 2. The number of ether oxygens (including phenoxy) is 1. The van der Waals surface area contributed by atoms with Crippen LogP contribution in [0.2, 0.25) is 0 Å². The molecule has 0 atom stereocenters. The molecule has 1 aromatic carbocycles. The normalized spacial score (nSPS) is 11.2. The minimum Gasteiger partial charge on any atom is -0.469 e. The second-order valence-corrected chi connectivity index (χ2v) is 7.11. The third kappa shape index (κ3) is 4.16. The second-order valence-electron chi connectivity index (χ2n) is 7.11. The maximum atomic E-state index is 12.0. The first kappa shape index (κ1) is 20.6. The van der Waals surface area contributed by atoms with E-state index in [1.54, 1.807) is 11.8 Å². The van der Waals surface area contributed by atoms with Gasteiger partial charge in [0.25, 0.3) is 0 Å². The zero-order chi connectivity index (χ0) is 21.1. The van der Waals surface area contributed by atoms with E-state index in [9.17, 15) is 9.59 Å². The van der Waals surface area contributed by atoms with Crippen LogP contribution in [0.5, 0.6) is 0 Å². The Kier molecular flexibility index (Phi) is 6.00. The average molecular weight is 397 g/mol. The van der Waals surface area contributed by atoms with Crippen LogP contribution in [-0.2, 0) is 27.4 Å². The van der Waals surface area contributed by atoms with Gasteiger partial charge < -0.3 is 19.9 Å². The first-order valence-electron chi connectivity index (χ1n) is 9.73. The minimum atomic E-state index is -0.253. The summed E-state index contributed by atoms with van der Waals surface area (Å²) in [5.41, 5.74) is 9.63. The molecule has 1 amide bonds. The molecule has 2 aromatic heterocycles. The van der Waals surface area contributed by atoms with Crippen LogP contribution in [-0.4, -0.2) is 45.0 Å². The van der Waals surface area contributed by atoms with Crippen molar-refractivity contribution in [2.24, 2.45) is 0 Å². The van der Waals surface area contributed by atoms with Gasteiger partial charge in [-0.2, -0.15) is 0 Å². The van der Waals surface area contributed by atoms with E-state index in [1.165, 1.54) is 7.11 Å². The summed E-state index contributed by atoms with van der Waals surface area (Å²) in [6.07, 6.45) is 0.893. The number of methoxy groups -OCH3 is 1. The average Bonchev–Trinajstić information content (AvgIpc) is 3.04. The summed E-state index contributed by atoms with van der Waals surface area (Å²) in [7, 11) is 1.38. The van der Waals surface area contributed by atoms with E-state index in [1.807, 2.05) is 32.0 Å². The van der Waals surface area contributed by atoms with Gasteiger partial charge in [-0.1, -0.05) is 12.1 Å². The Morgan fingerprint density at radius 2 is 2.03 bits per heavy atom. The number of pyridine rings is 1. The van der Waals surface area contributed by atoms with Crippen LogP contribution in [0.3, 0.4) is 0 Å². The Bertz CT molecular complexity index is 1070. The number of benzene rings is 1. The first-order valence-corrected chi connectivity index (χ1v) is 9.73. The molecule has 0 spiro atoms. The van der Waals surface area contributed by atoms with Gasteiger partial charge in [-0.3, -0.25) is 9.59 Å². The van der Waals surface area contributed by atoms with Crippen molar-refractivity contribution in [3.05, 3.63) is 29.6 Å². The van der Waals surface area contributed by atoms with E-state index >= 15 is 0 Å². The van der Waals surface area contributed by atoms with Gasteiger partial charge in [0.1, 0.15) is 11.3 Å². The maximum Gasteiger partial charge on any atom is 0.305 e. The lowest BCUT2D eigenvalue weighted by molar-refractivity contribution is -0.140. The van der Waals surface area contributed by atoms with Crippen molar-refractivity contribution in [2.45, 2.75) is 46.7 Å². The molecule has 2 N–H and O–H groups in total. The predicted molar refractivity (Wildman–Crippen MR) is 112 cm³/mol. The van der Waals surface area contributed by atoms with Crippen molar-refractivity contribution in [1.82, 2.24) is 19.4 Å². The maximum absolute atomic E-state index is 12.0. The van der Waals surface area contributed by atoms with Crippen LogP contribution in [0.25, 0.3) is 21.9 Å². The number of nitrogen functional groups attached to an aromatic ring is 1. The molecule has 3 rings (SSSR count). The number of aromatic nitrogens is 3. The largest absolute Gasteiger partial charge is 0.469 e. The number of carbonyl (C=O) groups excluding carboxylic acids is 2. The van der Waals surface area contributed by atoms with Crippen molar-refractivity contribution in [3.63, 3.8) is 0 Å². The highest BCUT2D eigenvalue weighted by atomic mass is 16.5. The van der Waals surface area contributed by atoms with Crippen molar-refractivity contribution >= 4 is 39.6 Å². The highest BCUT2D eigenvalue weighted by molar-refractivity contribution is 6.06. The SMILES string of the molecule is CCN(Cc1nc2c(N)nc3cc(C)ccc3c2n1CCCC(=O)OC)C(C)=O. The predicted octanol–water partition coefficient (Wildman–Crippen LogP) is 2.80. The summed E-state index contributed by atoms with van der Waals surface area (Å²) < 4.78 is 6.81. The number of aryl methyl sites for hydroxylation is 2. The summed E-state index contributed by atoms with van der Waals surface area (Å²) in [5, 5.41) is 0.947. The summed E-state index contributed by atoms with van der Waals surface area (Å²) in [6.45, 7) is 6.98. The van der Waals surface area contributed by atoms with Gasteiger partial charge in [-0.05, 0) is 31.9 Å². The zero-order valence-corrected chi connectivity index (χ0v) is 17.4. The number of hydrogen-bond donors (Lipinski definition) is 1. The standard InChI is InChI=1S/C21H27N5O3/c1-5-25(14(3)27)12-17-24-19-20(26(17)10-6-7-18(28)29-4)15-9-8-13(2)11-16(15)23-21(19)22/h8-9,11H,5-7,10,12H2,1-4H3,(H2,22,23). The fourth-order valence-corrected chi connectivity index (χ4v) is 3.53. The van der Waals surface area contributed by atoms with Gasteiger partial charge in [0.05, 0.1) is 24.7 Å². The van der Waals surface area contributed by atoms with Gasteiger partial charge in [-0.15, -0.1) is 0 Å². The number of nitrogens with zero attached hydrogens (tertiary/aromatic N) is 4. The molecule has 2 heterocycles. The second kappa shape index (κ2) is 8.46. The number of anilines is 1. The van der Waals surface area contributed by atoms with E-state index in [0.717, 1.165) is 27.8 Å². The van der Waals surface area contributed by atoms with Crippen molar-refractivity contribution in [2.75, 3.05) is 19.4 Å². The third-order valence-corrected chi connectivity index (χ3v) is 5.09. The minimum absolute atomic E-state index is 0.0211. The van der Waals surface area contributed by atoms with E-state index in [0.29, 0.717) is 43.8 Å². The fraction of sp³-hybridized carbons (Fsp3) is 0.429. The van der Waals surface area contributed by atoms with Gasteiger partial charge in [-0.25, -0.2) is 9.97 Å². The lowest BCUT2D eigenvalue weighted by atomic mass is 10.1. The quantitative estimate of drug-likeness (QED) is 0.615. The molecule has 29 heavy (non-hydrogen) atoms. The molecule has 0 saturated heterocycles. The summed E-state index contributed by atoms with van der Waals surface area (Å²) >= 11 is 0. The van der Waals surface area contributed by atoms with Crippen molar-refractivity contribution in [1.29, 1.82) is 0 Å². The summed E-state index contributed by atoms with van der Waals surface area (Å²) in [6, 6.07) is 6.04. The Balaban J connectivity index is 2.16. The number of hydrogen-bond acceptors (Lipinski definition) is 6. The number of amides is 1. The van der Waals surface area contributed by atoms with E-state index in [-0.39, 0.29) is 11.9 Å². The number of esters is 1. The molecule has 0 bridgehead atoms. The van der Waals surface area contributed by atoms with Gasteiger partial charge in [0.2, 0.25) is 5.91 Å². The van der Waals surface area contributed by atoms with Gasteiger partial charge >= 0.3 is 5.97 Å². The number of imidazole rings is 1. The topological polar surface area (TPSA) is 103 Å². The van der Waals surface area contributed by atoms with Crippen LogP contribution >= 0.6 is 0 Å². The van der Waals surface area contributed by atoms with Crippen LogP contribution in [0.1, 0.15) is 38.1 Å². The lowest BCUT2D eigenvalue weighted by Gasteiger charge is -2.19. The van der Waals surface area contributed by atoms with Crippen LogP contribution in [0.15, 0.2) is 18.2 Å². The van der Waals surface area contributed by atoms with E-state index in [2.05, 4.69) is 9.55 Å². The zero-order valence-electron chi connectivity index (χ0n) is 17.4. The van der Waals surface area contributed by atoms with E-state index < -0.39 is 0 Å². The Morgan fingerprint density at radius 3 is 2.69 bits per heavy atom. The molecule has 0 radical (unpaired) electrons. The van der Waals surface area contributed by atoms with Crippen LogP contribution in [0, 0.1) is 6.92 Å². The number of rotatable bonds is 7. The highest BCUT2D eigenvalue weighted by Gasteiger charge is 2.20. The van der Waals surface area contributed by atoms with Crippen molar-refractivity contribution < 1.29 is 14.3 Å². The smallest absolute Gasteiger partial charge is 0.305 e. The van der Waals surface area contributed by atoms with Crippen LogP contribution in [0.4, 0.5) is 5.82 Å². The molecule has 0 fully saturated rings. The fourth-order valence-electron chi connectivity index (χ4n) is 3.53. The monoisotopic (exact) mass is 397 g/mol. The van der Waals surface area contributed by atoms with Gasteiger partial charge in [0, 0.05) is 31.8 Å². The molecule has 3 aromatic rings. The van der Waals surface area contributed by atoms with E-state index in [4.69, 9.17) is 15.5 Å². The highest BCUT2D eigenvalue weighted by Crippen LogP contribution is 2.30. The van der Waals surface area contributed by atoms with Gasteiger partial charge in [0.15, 0.2) is 5.82 Å². The lowest BCUT2D eigenvalue weighted by Crippen LogP contribution is -2.29. The van der Waals surface area contributed by atoms with Crippen LogP contribution < -0.4 is 5.73 Å². The first-order chi connectivity index (χ1) is 13.8. The molecule has 0 aliphatic heterocycles. The summed E-state index contributed by atoms with van der Waals surface area (Å²) in [5.74, 6) is 0.809. The molecule has 0 aliphatic rings. The Hall–Kier alpha value is -3.16. The molecule has 8 nitrogen and oxygen atoms in total. The Morgan fingerprint density at radius 1 is 1.28 bits per heavy atom.